The molecule has 0 saturated heterocycles. The van der Waals surface area contributed by atoms with E-state index in [1.165, 1.54) is 26.4 Å². The minimum absolute atomic E-state index is 0.114. The van der Waals surface area contributed by atoms with E-state index in [4.69, 9.17) is 9.47 Å². The van der Waals surface area contributed by atoms with Gasteiger partial charge in [0.1, 0.15) is 0 Å². The van der Waals surface area contributed by atoms with Crippen LogP contribution in [0.4, 0.5) is 0 Å². The van der Waals surface area contributed by atoms with Crippen molar-refractivity contribution in [3.63, 3.8) is 0 Å². The number of aromatic nitrogens is 2. The van der Waals surface area contributed by atoms with Gasteiger partial charge in [-0.25, -0.2) is 17.8 Å². The smallest absolute Gasteiger partial charge is 0.241 e. The van der Waals surface area contributed by atoms with Crippen molar-refractivity contribution in [1.82, 2.24) is 14.5 Å². The molecule has 0 saturated carbocycles. The number of hydrogen-bond acceptors (Lipinski definition) is 5. The van der Waals surface area contributed by atoms with Crippen LogP contribution in [0.2, 0.25) is 0 Å². The molecule has 1 N–H and O–H groups in total. The second-order valence-electron chi connectivity index (χ2n) is 5.46. The number of ether oxygens (including phenoxy) is 2. The van der Waals surface area contributed by atoms with Crippen molar-refractivity contribution >= 4 is 10.0 Å². The Kier molecular flexibility index (Phi) is 5.24. The number of rotatable bonds is 7. The molecule has 0 aliphatic heterocycles. The minimum Gasteiger partial charge on any atom is -0.493 e. The fourth-order valence-corrected chi connectivity index (χ4v) is 3.47. The standard InChI is InChI=1S/C18H19N3O4S/c1-24-17-9-8-16(12-18(17)25-2)26(22,23)20-13-14-4-6-15(7-5-14)21-11-3-10-19-21/h3-12,20H,13H2,1-2H3. The van der Waals surface area contributed by atoms with Crippen LogP contribution in [0.5, 0.6) is 11.5 Å². The second-order valence-corrected chi connectivity index (χ2v) is 7.23. The minimum atomic E-state index is -3.67. The van der Waals surface area contributed by atoms with Gasteiger partial charge in [-0.2, -0.15) is 5.10 Å². The molecule has 0 fully saturated rings. The summed E-state index contributed by atoms with van der Waals surface area (Å²) in [4.78, 5) is 0.114. The van der Waals surface area contributed by atoms with Crippen LogP contribution in [-0.2, 0) is 16.6 Å². The molecular formula is C18H19N3O4S. The van der Waals surface area contributed by atoms with Gasteiger partial charge in [-0.1, -0.05) is 12.1 Å². The largest absolute Gasteiger partial charge is 0.493 e. The third-order valence-electron chi connectivity index (χ3n) is 3.84. The van der Waals surface area contributed by atoms with Crippen molar-refractivity contribution in [3.05, 3.63) is 66.5 Å². The summed E-state index contributed by atoms with van der Waals surface area (Å²) in [5.41, 5.74) is 1.74. The first kappa shape index (κ1) is 18.0. The molecule has 1 heterocycles. The molecule has 0 aliphatic rings. The first-order valence-electron chi connectivity index (χ1n) is 7.84. The van der Waals surface area contributed by atoms with Crippen LogP contribution >= 0.6 is 0 Å². The Morgan fingerprint density at radius 2 is 1.77 bits per heavy atom. The quantitative estimate of drug-likeness (QED) is 0.687. The lowest BCUT2D eigenvalue weighted by Gasteiger charge is -2.11. The van der Waals surface area contributed by atoms with Crippen molar-refractivity contribution in [2.24, 2.45) is 0 Å². The van der Waals surface area contributed by atoms with Crippen LogP contribution in [0.25, 0.3) is 5.69 Å². The van der Waals surface area contributed by atoms with Gasteiger partial charge in [0.2, 0.25) is 10.0 Å². The third-order valence-corrected chi connectivity index (χ3v) is 5.24. The zero-order valence-corrected chi connectivity index (χ0v) is 15.2. The molecular weight excluding hydrogens is 354 g/mol. The van der Waals surface area contributed by atoms with Gasteiger partial charge in [-0.05, 0) is 35.9 Å². The molecule has 136 valence electrons. The summed E-state index contributed by atoms with van der Waals surface area (Å²) in [6.45, 7) is 0.177. The van der Waals surface area contributed by atoms with Crippen molar-refractivity contribution in [2.45, 2.75) is 11.4 Å². The lowest BCUT2D eigenvalue weighted by Crippen LogP contribution is -2.23. The van der Waals surface area contributed by atoms with Crippen LogP contribution < -0.4 is 14.2 Å². The Balaban J connectivity index is 1.72. The lowest BCUT2D eigenvalue weighted by atomic mass is 10.2. The van der Waals surface area contributed by atoms with Gasteiger partial charge in [0.05, 0.1) is 24.8 Å². The monoisotopic (exact) mass is 373 g/mol. The number of hydrogen-bond donors (Lipinski definition) is 1. The highest BCUT2D eigenvalue weighted by Crippen LogP contribution is 2.29. The van der Waals surface area contributed by atoms with E-state index in [2.05, 4.69) is 9.82 Å². The van der Waals surface area contributed by atoms with Gasteiger partial charge < -0.3 is 9.47 Å². The summed E-state index contributed by atoms with van der Waals surface area (Å²) in [6.07, 6.45) is 3.54. The maximum atomic E-state index is 12.5. The highest BCUT2D eigenvalue weighted by Gasteiger charge is 2.16. The van der Waals surface area contributed by atoms with E-state index in [1.54, 1.807) is 16.9 Å². The van der Waals surface area contributed by atoms with Crippen LogP contribution in [0.15, 0.2) is 65.8 Å². The van der Waals surface area contributed by atoms with E-state index in [0.717, 1.165) is 11.3 Å². The Morgan fingerprint density at radius 3 is 2.38 bits per heavy atom. The third kappa shape index (κ3) is 3.87. The summed E-state index contributed by atoms with van der Waals surface area (Å²) < 4.78 is 39.6. The zero-order chi connectivity index (χ0) is 18.6. The van der Waals surface area contributed by atoms with Gasteiger partial charge >= 0.3 is 0 Å². The van der Waals surface area contributed by atoms with E-state index < -0.39 is 10.0 Å². The molecule has 2 aromatic carbocycles. The molecule has 7 nitrogen and oxygen atoms in total. The average Bonchev–Trinajstić information content (AvgIpc) is 3.21. The molecule has 0 aliphatic carbocycles. The summed E-state index contributed by atoms with van der Waals surface area (Å²) >= 11 is 0. The maximum absolute atomic E-state index is 12.5. The predicted molar refractivity (Wildman–Crippen MR) is 97.1 cm³/mol. The molecule has 0 spiro atoms. The van der Waals surface area contributed by atoms with Crippen molar-refractivity contribution in [2.75, 3.05) is 14.2 Å². The molecule has 3 aromatic rings. The molecule has 1 aromatic heterocycles. The average molecular weight is 373 g/mol. The molecule has 0 bridgehead atoms. The molecule has 3 rings (SSSR count). The molecule has 8 heteroatoms. The van der Waals surface area contributed by atoms with Gasteiger partial charge in [0.25, 0.3) is 0 Å². The van der Waals surface area contributed by atoms with Crippen molar-refractivity contribution in [3.8, 4) is 17.2 Å². The summed E-state index contributed by atoms with van der Waals surface area (Å²) in [6, 6.07) is 13.8. The first-order valence-corrected chi connectivity index (χ1v) is 9.32. The fraction of sp³-hybridized carbons (Fsp3) is 0.167. The van der Waals surface area contributed by atoms with Gasteiger partial charge in [0, 0.05) is 25.0 Å². The lowest BCUT2D eigenvalue weighted by molar-refractivity contribution is 0.354. The topological polar surface area (TPSA) is 82.5 Å². The molecule has 26 heavy (non-hydrogen) atoms. The Morgan fingerprint density at radius 1 is 1.04 bits per heavy atom. The summed E-state index contributed by atoms with van der Waals surface area (Å²) in [5, 5.41) is 4.15. The second kappa shape index (κ2) is 7.59. The zero-order valence-electron chi connectivity index (χ0n) is 14.4. The van der Waals surface area contributed by atoms with Crippen molar-refractivity contribution in [1.29, 1.82) is 0 Å². The SMILES string of the molecule is COc1ccc(S(=O)(=O)NCc2ccc(-n3cccn3)cc2)cc1OC. The molecule has 0 unspecified atom stereocenters. The van der Waals surface area contributed by atoms with Crippen LogP contribution in [0, 0.1) is 0 Å². The molecule has 0 atom stereocenters. The first-order chi connectivity index (χ1) is 12.5. The number of methoxy groups -OCH3 is 2. The van der Waals surface area contributed by atoms with E-state index in [0.29, 0.717) is 11.5 Å². The van der Waals surface area contributed by atoms with Crippen LogP contribution in [0.1, 0.15) is 5.56 Å². The fourth-order valence-electron chi connectivity index (χ4n) is 2.43. The Bertz CT molecular complexity index is 968. The normalized spacial score (nSPS) is 11.3. The molecule has 0 amide bonds. The summed E-state index contributed by atoms with van der Waals surface area (Å²) in [7, 11) is -0.714. The Hall–Kier alpha value is -2.84. The highest BCUT2D eigenvalue weighted by molar-refractivity contribution is 7.89. The van der Waals surface area contributed by atoms with Gasteiger partial charge in [0.15, 0.2) is 11.5 Å². The number of sulfonamides is 1. The number of nitrogens with one attached hydrogen (secondary N) is 1. The number of benzene rings is 2. The highest BCUT2D eigenvalue weighted by atomic mass is 32.2. The van der Waals surface area contributed by atoms with Crippen molar-refractivity contribution < 1.29 is 17.9 Å². The van der Waals surface area contributed by atoms with E-state index in [1.807, 2.05) is 36.5 Å². The Labute approximate surface area is 152 Å². The van der Waals surface area contributed by atoms with E-state index in [9.17, 15) is 8.42 Å². The van der Waals surface area contributed by atoms with Gasteiger partial charge in [-0.3, -0.25) is 0 Å². The summed E-state index contributed by atoms with van der Waals surface area (Å²) in [5.74, 6) is 0.833. The van der Waals surface area contributed by atoms with E-state index >= 15 is 0 Å². The predicted octanol–water partition coefficient (Wildman–Crippen LogP) is 2.37. The molecule has 0 radical (unpaired) electrons. The maximum Gasteiger partial charge on any atom is 0.241 e. The van der Waals surface area contributed by atoms with Crippen LogP contribution in [-0.4, -0.2) is 32.4 Å². The van der Waals surface area contributed by atoms with Gasteiger partial charge in [-0.15, -0.1) is 0 Å². The number of nitrogens with zero attached hydrogens (tertiary/aromatic N) is 2. The van der Waals surface area contributed by atoms with E-state index in [-0.39, 0.29) is 11.4 Å². The van der Waals surface area contributed by atoms with Crippen LogP contribution in [0.3, 0.4) is 0 Å².